The van der Waals surface area contributed by atoms with Gasteiger partial charge >= 0.3 is 0 Å². The van der Waals surface area contributed by atoms with Crippen molar-refractivity contribution in [1.29, 1.82) is 0 Å². The summed E-state index contributed by atoms with van der Waals surface area (Å²) in [6.45, 7) is 0. The topological polar surface area (TPSA) is 69.1 Å². The third kappa shape index (κ3) is 3.74. The fourth-order valence-corrected chi connectivity index (χ4v) is 5.18. The van der Waals surface area contributed by atoms with Crippen molar-refractivity contribution >= 4 is 27.6 Å². The number of benzene rings is 4. The number of furan rings is 1. The van der Waals surface area contributed by atoms with E-state index in [-0.39, 0.29) is 0 Å². The molecule has 0 amide bonds. The van der Waals surface area contributed by atoms with E-state index in [1.165, 1.54) is 0 Å². The number of hydrogen-bond donors (Lipinski definition) is 0. The molecule has 0 aliphatic rings. The van der Waals surface area contributed by atoms with Crippen molar-refractivity contribution in [2.45, 2.75) is 0 Å². The molecule has 0 fully saturated rings. The summed E-state index contributed by atoms with van der Waals surface area (Å²) in [6, 6.07) is 38.2. The lowest BCUT2D eigenvalue weighted by atomic mass is 10.0. The van der Waals surface area contributed by atoms with Crippen LogP contribution in [0.5, 0.6) is 0 Å². The van der Waals surface area contributed by atoms with E-state index < -0.39 is 0 Å². The van der Waals surface area contributed by atoms with Crippen LogP contribution in [-0.4, -0.2) is 24.3 Å². The molecule has 4 heterocycles. The Balaban J connectivity index is 1.36. The molecule has 188 valence electrons. The van der Waals surface area contributed by atoms with E-state index in [1.54, 1.807) is 0 Å². The van der Waals surface area contributed by atoms with E-state index in [4.69, 9.17) is 24.4 Å². The first-order valence-corrected chi connectivity index (χ1v) is 13.1. The fourth-order valence-electron chi connectivity index (χ4n) is 5.18. The highest BCUT2D eigenvalue weighted by molar-refractivity contribution is 6.12. The SMILES string of the molecule is c1ccc(-c2nc(-c3ccccc3)nc(-c3cccc4oc5ccc(-c6cn7ccccc7n6)cc5c34)n2)cc1. The van der Waals surface area contributed by atoms with Gasteiger partial charge in [0.05, 0.1) is 5.69 Å². The van der Waals surface area contributed by atoms with Crippen LogP contribution in [0.2, 0.25) is 0 Å². The molecule has 0 atom stereocenters. The van der Waals surface area contributed by atoms with Gasteiger partial charge in [0.25, 0.3) is 0 Å². The van der Waals surface area contributed by atoms with Crippen molar-refractivity contribution < 1.29 is 4.42 Å². The van der Waals surface area contributed by atoms with Crippen LogP contribution in [0.1, 0.15) is 0 Å². The van der Waals surface area contributed by atoms with Gasteiger partial charge in [-0.15, -0.1) is 0 Å². The molecule has 0 saturated heterocycles. The first kappa shape index (κ1) is 22.4. The van der Waals surface area contributed by atoms with E-state index in [9.17, 15) is 0 Å². The van der Waals surface area contributed by atoms with Gasteiger partial charge in [-0.3, -0.25) is 0 Å². The number of imidazole rings is 1. The quantitative estimate of drug-likeness (QED) is 0.237. The number of nitrogens with zero attached hydrogens (tertiary/aromatic N) is 5. The average Bonchev–Trinajstić information content (AvgIpc) is 3.63. The van der Waals surface area contributed by atoms with Gasteiger partial charge in [-0.25, -0.2) is 19.9 Å². The van der Waals surface area contributed by atoms with Crippen LogP contribution in [0.25, 0.3) is 73.0 Å². The molecule has 0 aliphatic carbocycles. The zero-order valence-electron chi connectivity index (χ0n) is 21.3. The predicted molar refractivity (Wildman–Crippen MR) is 158 cm³/mol. The van der Waals surface area contributed by atoms with Gasteiger partial charge in [0.1, 0.15) is 16.8 Å². The molecule has 40 heavy (non-hydrogen) atoms. The summed E-state index contributed by atoms with van der Waals surface area (Å²) < 4.78 is 8.32. The van der Waals surface area contributed by atoms with Crippen LogP contribution in [0.3, 0.4) is 0 Å². The molecule has 0 spiro atoms. The van der Waals surface area contributed by atoms with Crippen LogP contribution in [0.4, 0.5) is 0 Å². The van der Waals surface area contributed by atoms with Gasteiger partial charge in [-0.2, -0.15) is 0 Å². The maximum absolute atomic E-state index is 6.30. The number of aromatic nitrogens is 5. The van der Waals surface area contributed by atoms with Crippen LogP contribution >= 0.6 is 0 Å². The van der Waals surface area contributed by atoms with Crippen molar-refractivity contribution in [2.24, 2.45) is 0 Å². The van der Waals surface area contributed by atoms with Gasteiger partial charge in [-0.05, 0) is 36.4 Å². The largest absolute Gasteiger partial charge is 0.456 e. The van der Waals surface area contributed by atoms with Crippen molar-refractivity contribution in [2.75, 3.05) is 0 Å². The molecule has 0 unspecified atom stereocenters. The van der Waals surface area contributed by atoms with Crippen LogP contribution in [0, 0.1) is 0 Å². The van der Waals surface area contributed by atoms with Crippen molar-refractivity contribution in [1.82, 2.24) is 24.3 Å². The lowest BCUT2D eigenvalue weighted by Crippen LogP contribution is -2.00. The normalized spacial score (nSPS) is 11.5. The third-order valence-corrected chi connectivity index (χ3v) is 7.10. The lowest BCUT2D eigenvalue weighted by molar-refractivity contribution is 0.669. The molecule has 0 aliphatic heterocycles. The third-order valence-electron chi connectivity index (χ3n) is 7.10. The molecule has 6 heteroatoms. The minimum atomic E-state index is 0.596. The van der Waals surface area contributed by atoms with Gasteiger partial charge < -0.3 is 8.82 Å². The number of pyridine rings is 1. The van der Waals surface area contributed by atoms with Crippen LogP contribution in [0.15, 0.2) is 132 Å². The summed E-state index contributed by atoms with van der Waals surface area (Å²) >= 11 is 0. The standard InChI is InChI=1S/C34H21N5O/c1-3-10-22(11-4-1)32-36-33(23-12-5-2-6-13-23)38-34(37-32)25-14-9-15-29-31(25)26-20-24(17-18-28(26)40-29)27-21-39-19-8-7-16-30(39)35-27/h1-21H. The van der Waals surface area contributed by atoms with E-state index in [1.807, 2.05) is 120 Å². The molecule has 0 radical (unpaired) electrons. The van der Waals surface area contributed by atoms with E-state index >= 15 is 0 Å². The van der Waals surface area contributed by atoms with Gasteiger partial charge in [0.2, 0.25) is 0 Å². The molecule has 6 nitrogen and oxygen atoms in total. The highest BCUT2D eigenvalue weighted by atomic mass is 16.3. The zero-order valence-corrected chi connectivity index (χ0v) is 21.3. The molecular weight excluding hydrogens is 494 g/mol. The maximum Gasteiger partial charge on any atom is 0.164 e. The highest BCUT2D eigenvalue weighted by Crippen LogP contribution is 2.38. The monoisotopic (exact) mass is 515 g/mol. The minimum absolute atomic E-state index is 0.596. The maximum atomic E-state index is 6.30. The van der Waals surface area contributed by atoms with Crippen molar-refractivity contribution in [3.63, 3.8) is 0 Å². The highest BCUT2D eigenvalue weighted by Gasteiger charge is 2.18. The molecule has 0 N–H and O–H groups in total. The second-order valence-electron chi connectivity index (χ2n) is 9.62. The molecule has 8 aromatic rings. The van der Waals surface area contributed by atoms with Gasteiger partial charge in [0.15, 0.2) is 17.5 Å². The van der Waals surface area contributed by atoms with E-state index in [0.717, 1.165) is 55.5 Å². The summed E-state index contributed by atoms with van der Waals surface area (Å²) in [5, 5.41) is 1.95. The van der Waals surface area contributed by atoms with Crippen LogP contribution in [-0.2, 0) is 0 Å². The molecule has 4 aromatic heterocycles. The predicted octanol–water partition coefficient (Wildman–Crippen LogP) is 8.09. The minimum Gasteiger partial charge on any atom is -0.456 e. The fraction of sp³-hybridized carbons (Fsp3) is 0. The lowest BCUT2D eigenvalue weighted by Gasteiger charge is -2.09. The molecule has 4 aromatic carbocycles. The summed E-state index contributed by atoms with van der Waals surface area (Å²) in [7, 11) is 0. The number of rotatable bonds is 4. The molecular formula is C34H21N5O. The molecule has 8 rings (SSSR count). The Morgan fingerprint density at radius 3 is 1.95 bits per heavy atom. The number of hydrogen-bond acceptors (Lipinski definition) is 5. The van der Waals surface area contributed by atoms with E-state index in [0.29, 0.717) is 17.5 Å². The Labute approximate surface area is 229 Å². The second-order valence-corrected chi connectivity index (χ2v) is 9.62. The Bertz CT molecular complexity index is 2070. The Morgan fingerprint density at radius 1 is 0.525 bits per heavy atom. The Morgan fingerprint density at radius 2 is 1.23 bits per heavy atom. The average molecular weight is 516 g/mol. The Hall–Kier alpha value is -5.62. The van der Waals surface area contributed by atoms with E-state index in [2.05, 4.69) is 12.1 Å². The second kappa shape index (κ2) is 8.99. The smallest absolute Gasteiger partial charge is 0.164 e. The molecule has 0 saturated carbocycles. The summed E-state index contributed by atoms with van der Waals surface area (Å²) in [5.74, 6) is 1.85. The van der Waals surface area contributed by atoms with Gasteiger partial charge in [-0.1, -0.05) is 78.9 Å². The summed E-state index contributed by atoms with van der Waals surface area (Å²) in [6.07, 6.45) is 4.05. The first-order valence-electron chi connectivity index (χ1n) is 13.1. The summed E-state index contributed by atoms with van der Waals surface area (Å²) in [5.41, 5.74) is 7.15. The molecule has 0 bridgehead atoms. The van der Waals surface area contributed by atoms with Crippen LogP contribution < -0.4 is 0 Å². The Kier molecular flexibility index (Phi) is 5.03. The zero-order chi connectivity index (χ0) is 26.5. The van der Waals surface area contributed by atoms with Gasteiger partial charge in [0, 0.05) is 45.4 Å². The first-order chi connectivity index (χ1) is 19.8. The summed E-state index contributed by atoms with van der Waals surface area (Å²) in [4.78, 5) is 19.6. The van der Waals surface area contributed by atoms with Crippen molar-refractivity contribution in [3.05, 3.63) is 128 Å². The van der Waals surface area contributed by atoms with Crippen molar-refractivity contribution in [3.8, 4) is 45.4 Å². The number of fused-ring (bicyclic) bond motifs is 4.